The maximum absolute atomic E-state index is 13.4. The van der Waals surface area contributed by atoms with Crippen LogP contribution in [0.25, 0.3) is 5.57 Å². The number of rotatable bonds is 9. The maximum Gasteiger partial charge on any atom is 0.288 e. The normalized spacial score (nSPS) is 13.9. The Hall–Kier alpha value is -3.17. The molecule has 0 saturated heterocycles. The Balaban J connectivity index is 1.38. The molecule has 0 bridgehead atoms. The molecular formula is C22H24ClFN4O4. The van der Waals surface area contributed by atoms with Gasteiger partial charge >= 0.3 is 0 Å². The van der Waals surface area contributed by atoms with Gasteiger partial charge in [0.2, 0.25) is 11.7 Å². The van der Waals surface area contributed by atoms with E-state index in [1.165, 1.54) is 18.3 Å². The lowest BCUT2D eigenvalue weighted by atomic mass is 10.1. The Bertz CT molecular complexity index is 1040. The topological polar surface area (TPSA) is 96.7 Å². The van der Waals surface area contributed by atoms with Crippen LogP contribution in [0.15, 0.2) is 47.2 Å². The van der Waals surface area contributed by atoms with Gasteiger partial charge in [0, 0.05) is 43.4 Å². The van der Waals surface area contributed by atoms with Crippen molar-refractivity contribution < 1.29 is 23.1 Å². The highest BCUT2D eigenvalue weighted by Crippen LogP contribution is 2.21. The monoisotopic (exact) mass is 462 g/mol. The molecule has 3 rings (SSSR count). The zero-order chi connectivity index (χ0) is 23.1. The Morgan fingerprint density at radius 1 is 1.41 bits per heavy atom. The molecule has 1 aliphatic rings. The average molecular weight is 463 g/mol. The molecular weight excluding hydrogens is 439 g/mol. The van der Waals surface area contributed by atoms with Gasteiger partial charge in [0.25, 0.3) is 11.8 Å². The number of nitrogens with one attached hydrogen (secondary N) is 2. The van der Waals surface area contributed by atoms with Crippen LogP contribution < -0.4 is 15.4 Å². The van der Waals surface area contributed by atoms with Crippen molar-refractivity contribution in [1.82, 2.24) is 20.5 Å². The third-order valence-corrected chi connectivity index (χ3v) is 4.94. The summed E-state index contributed by atoms with van der Waals surface area (Å²) in [6.07, 6.45) is 4.68. The third kappa shape index (κ3) is 6.66. The fourth-order valence-corrected chi connectivity index (χ4v) is 3.12. The van der Waals surface area contributed by atoms with E-state index in [0.29, 0.717) is 18.0 Å². The van der Waals surface area contributed by atoms with Crippen molar-refractivity contribution in [2.75, 3.05) is 33.3 Å². The fourth-order valence-electron chi connectivity index (χ4n) is 3.00. The van der Waals surface area contributed by atoms with Crippen LogP contribution in [0.2, 0.25) is 5.02 Å². The number of ether oxygens (including phenoxy) is 1. The summed E-state index contributed by atoms with van der Waals surface area (Å²) in [6, 6.07) is 3.90. The molecule has 0 saturated carbocycles. The Morgan fingerprint density at radius 3 is 2.97 bits per heavy atom. The second kappa shape index (κ2) is 10.9. The molecule has 2 heterocycles. The number of carbonyl (C=O) groups excluding carboxylic acids is 2. The number of likely N-dealkylation sites (N-methyl/N-ethyl adjacent to an activating group) is 1. The van der Waals surface area contributed by atoms with Crippen LogP contribution in [0.5, 0.6) is 5.75 Å². The number of nitrogens with zero attached hydrogens (tertiary/aromatic N) is 2. The summed E-state index contributed by atoms with van der Waals surface area (Å²) < 4.78 is 24.2. The van der Waals surface area contributed by atoms with Crippen LogP contribution in [0.1, 0.15) is 29.3 Å². The van der Waals surface area contributed by atoms with E-state index in [1.54, 1.807) is 0 Å². The average Bonchev–Trinajstić information content (AvgIpc) is 3.25. The van der Waals surface area contributed by atoms with Gasteiger partial charge in [0.15, 0.2) is 6.61 Å². The smallest absolute Gasteiger partial charge is 0.288 e. The first kappa shape index (κ1) is 23.5. The molecule has 32 heavy (non-hydrogen) atoms. The molecule has 2 aromatic rings. The van der Waals surface area contributed by atoms with Crippen LogP contribution >= 0.6 is 11.6 Å². The van der Waals surface area contributed by atoms with Crippen molar-refractivity contribution in [3.05, 3.63) is 65.2 Å². The Morgan fingerprint density at radius 2 is 2.22 bits per heavy atom. The van der Waals surface area contributed by atoms with E-state index in [-0.39, 0.29) is 29.7 Å². The second-order valence-electron chi connectivity index (χ2n) is 7.31. The van der Waals surface area contributed by atoms with Crippen molar-refractivity contribution in [3.63, 3.8) is 0 Å². The summed E-state index contributed by atoms with van der Waals surface area (Å²) in [6.45, 7) is 5.37. The van der Waals surface area contributed by atoms with Gasteiger partial charge in [-0.25, -0.2) is 9.37 Å². The highest BCUT2D eigenvalue weighted by molar-refractivity contribution is 6.30. The summed E-state index contributed by atoms with van der Waals surface area (Å²) in [5.74, 6) is -0.747. The number of amides is 2. The van der Waals surface area contributed by atoms with Crippen molar-refractivity contribution in [2.24, 2.45) is 0 Å². The second-order valence-corrected chi connectivity index (χ2v) is 7.71. The number of hydrogen-bond donors (Lipinski definition) is 2. The van der Waals surface area contributed by atoms with Gasteiger partial charge in [-0.2, -0.15) is 0 Å². The van der Waals surface area contributed by atoms with Crippen molar-refractivity contribution in [3.8, 4) is 5.75 Å². The van der Waals surface area contributed by atoms with Crippen LogP contribution in [0, 0.1) is 5.82 Å². The van der Waals surface area contributed by atoms with Crippen LogP contribution in [0.4, 0.5) is 4.39 Å². The molecule has 0 spiro atoms. The quantitative estimate of drug-likeness (QED) is 0.594. The minimum Gasteiger partial charge on any atom is -0.484 e. The summed E-state index contributed by atoms with van der Waals surface area (Å²) in [5.41, 5.74) is 1.35. The largest absolute Gasteiger partial charge is 0.484 e. The molecule has 0 radical (unpaired) electrons. The van der Waals surface area contributed by atoms with Crippen LogP contribution in [-0.2, 0) is 4.79 Å². The maximum atomic E-state index is 13.4. The van der Waals surface area contributed by atoms with Gasteiger partial charge in [-0.05, 0) is 25.6 Å². The van der Waals surface area contributed by atoms with Crippen molar-refractivity contribution in [2.45, 2.75) is 12.8 Å². The number of carbonyl (C=O) groups is 2. The van der Waals surface area contributed by atoms with E-state index in [0.717, 1.165) is 31.1 Å². The predicted octanol–water partition coefficient (Wildman–Crippen LogP) is 3.01. The first-order valence-corrected chi connectivity index (χ1v) is 10.4. The van der Waals surface area contributed by atoms with E-state index in [1.807, 2.05) is 7.05 Å². The molecule has 0 fully saturated rings. The van der Waals surface area contributed by atoms with E-state index >= 15 is 0 Å². The van der Waals surface area contributed by atoms with Gasteiger partial charge in [0.05, 0.1) is 11.2 Å². The van der Waals surface area contributed by atoms with Gasteiger partial charge in [-0.15, -0.1) is 0 Å². The minimum atomic E-state index is -0.633. The first-order chi connectivity index (χ1) is 15.3. The van der Waals surface area contributed by atoms with Gasteiger partial charge in [-0.1, -0.05) is 24.3 Å². The van der Waals surface area contributed by atoms with Crippen LogP contribution in [-0.4, -0.2) is 55.0 Å². The standard InChI is InChI=1S/C22H24ClFN4O4/c1-14(27-20(29)13-31-16-5-6-17(23)18(24)10-16)7-8-25-21(30)19-11-26-22(32-19)15-4-3-9-28(2)12-15/h4-6,10-11H,1,3,7-9,12-13H2,2H3,(H,25,30)(H,27,29). The third-order valence-electron chi connectivity index (χ3n) is 4.64. The molecule has 1 aliphatic heterocycles. The highest BCUT2D eigenvalue weighted by atomic mass is 35.5. The molecule has 10 heteroatoms. The fraction of sp³-hybridized carbons (Fsp3) is 0.318. The Labute approximate surface area is 190 Å². The number of halogens is 2. The minimum absolute atomic E-state index is 0.0301. The molecule has 0 unspecified atom stereocenters. The predicted molar refractivity (Wildman–Crippen MR) is 118 cm³/mol. The number of hydrogen-bond acceptors (Lipinski definition) is 6. The number of aromatic nitrogens is 1. The Kier molecular flexibility index (Phi) is 8.02. The molecule has 2 amide bonds. The zero-order valence-electron chi connectivity index (χ0n) is 17.6. The van der Waals surface area contributed by atoms with E-state index in [4.69, 9.17) is 20.8 Å². The molecule has 2 N–H and O–H groups in total. The lowest BCUT2D eigenvalue weighted by Crippen LogP contribution is -2.30. The van der Waals surface area contributed by atoms with Gasteiger partial charge in [-0.3, -0.25) is 9.59 Å². The number of benzene rings is 1. The molecule has 1 aromatic carbocycles. The SMILES string of the molecule is C=C(CCNC(=O)c1cnc(C2=CCCN(C)C2)o1)NC(=O)COc1ccc(Cl)c(F)c1. The first-order valence-electron chi connectivity index (χ1n) is 9.99. The molecule has 170 valence electrons. The molecule has 0 aliphatic carbocycles. The summed E-state index contributed by atoms with van der Waals surface area (Å²) in [5, 5.41) is 5.23. The van der Waals surface area contributed by atoms with Crippen molar-refractivity contribution in [1.29, 1.82) is 0 Å². The molecule has 8 nitrogen and oxygen atoms in total. The number of oxazole rings is 1. The van der Waals surface area contributed by atoms with E-state index < -0.39 is 17.6 Å². The lowest BCUT2D eigenvalue weighted by molar-refractivity contribution is -0.122. The van der Waals surface area contributed by atoms with E-state index in [9.17, 15) is 14.0 Å². The summed E-state index contributed by atoms with van der Waals surface area (Å²) in [7, 11) is 2.01. The van der Waals surface area contributed by atoms with E-state index in [2.05, 4.69) is 33.2 Å². The summed E-state index contributed by atoms with van der Waals surface area (Å²) >= 11 is 5.60. The van der Waals surface area contributed by atoms with Gasteiger partial charge in [0.1, 0.15) is 11.6 Å². The zero-order valence-corrected chi connectivity index (χ0v) is 18.4. The highest BCUT2D eigenvalue weighted by Gasteiger charge is 2.18. The van der Waals surface area contributed by atoms with Crippen LogP contribution in [0.3, 0.4) is 0 Å². The summed E-state index contributed by atoms with van der Waals surface area (Å²) in [4.78, 5) is 30.5. The lowest BCUT2D eigenvalue weighted by Gasteiger charge is -2.20. The molecule has 1 aromatic heterocycles. The van der Waals surface area contributed by atoms with Crippen molar-refractivity contribution >= 4 is 29.0 Å². The molecule has 0 atom stereocenters. The van der Waals surface area contributed by atoms with Gasteiger partial charge < -0.3 is 24.7 Å².